The summed E-state index contributed by atoms with van der Waals surface area (Å²) in [5, 5.41) is 4.40. The van der Waals surface area contributed by atoms with E-state index in [0.717, 1.165) is 15.6 Å². The molecule has 0 fully saturated rings. The first kappa shape index (κ1) is 23.6. The third kappa shape index (κ3) is 5.50. The van der Waals surface area contributed by atoms with Crippen LogP contribution in [0.4, 0.5) is 5.69 Å². The molecule has 4 rings (SSSR count). The van der Waals surface area contributed by atoms with Crippen LogP contribution >= 0.6 is 22.9 Å². The monoisotopic (exact) mass is 495 g/mol. The van der Waals surface area contributed by atoms with E-state index in [4.69, 9.17) is 25.8 Å². The number of benzene rings is 3. The zero-order valence-corrected chi connectivity index (χ0v) is 20.2. The van der Waals surface area contributed by atoms with Crippen molar-refractivity contribution in [3.63, 3.8) is 0 Å². The maximum atomic E-state index is 13.0. The molecule has 8 heteroatoms. The van der Waals surface area contributed by atoms with Gasteiger partial charge in [-0.15, -0.1) is 11.3 Å². The van der Waals surface area contributed by atoms with E-state index in [0.29, 0.717) is 39.3 Å². The van der Waals surface area contributed by atoms with Crippen LogP contribution in [-0.2, 0) is 11.3 Å². The lowest BCUT2D eigenvalue weighted by molar-refractivity contribution is 0.0606. The van der Waals surface area contributed by atoms with Crippen molar-refractivity contribution in [3.05, 3.63) is 87.8 Å². The summed E-state index contributed by atoms with van der Waals surface area (Å²) >= 11 is 7.28. The fourth-order valence-corrected chi connectivity index (χ4v) is 4.43. The van der Waals surface area contributed by atoms with Crippen LogP contribution in [0.1, 0.15) is 32.5 Å². The van der Waals surface area contributed by atoms with E-state index in [9.17, 15) is 9.59 Å². The van der Waals surface area contributed by atoms with Gasteiger partial charge in [-0.05, 0) is 79.0 Å². The van der Waals surface area contributed by atoms with Gasteiger partial charge in [0.1, 0.15) is 23.0 Å². The predicted molar refractivity (Wildman–Crippen MR) is 135 cm³/mol. The Labute approximate surface area is 206 Å². The number of ether oxygens (including phenoxy) is 3. The molecule has 0 spiro atoms. The van der Waals surface area contributed by atoms with Crippen LogP contribution in [0.5, 0.6) is 11.5 Å². The largest absolute Gasteiger partial charge is 0.493 e. The smallest absolute Gasteiger partial charge is 0.348 e. The quantitative estimate of drug-likeness (QED) is 0.280. The van der Waals surface area contributed by atoms with E-state index in [1.807, 2.05) is 19.1 Å². The van der Waals surface area contributed by atoms with Crippen LogP contribution in [0.15, 0.2) is 66.7 Å². The zero-order valence-electron chi connectivity index (χ0n) is 18.6. The molecule has 4 aromatic rings. The van der Waals surface area contributed by atoms with Crippen molar-refractivity contribution in [1.29, 1.82) is 0 Å². The number of methoxy groups -OCH3 is 1. The highest BCUT2D eigenvalue weighted by Gasteiger charge is 2.14. The number of anilines is 1. The fraction of sp³-hybridized carbons (Fsp3) is 0.154. The van der Waals surface area contributed by atoms with Crippen molar-refractivity contribution < 1.29 is 23.8 Å². The number of amides is 1. The number of fused-ring (bicyclic) bond motifs is 1. The molecule has 0 saturated heterocycles. The zero-order chi connectivity index (χ0) is 24.1. The van der Waals surface area contributed by atoms with E-state index < -0.39 is 0 Å². The molecule has 6 nitrogen and oxygen atoms in total. The van der Waals surface area contributed by atoms with Crippen molar-refractivity contribution in [2.75, 3.05) is 19.0 Å². The Morgan fingerprint density at radius 1 is 0.971 bits per heavy atom. The normalized spacial score (nSPS) is 10.7. The topological polar surface area (TPSA) is 73.9 Å². The lowest BCUT2D eigenvalue weighted by Gasteiger charge is -2.13. The van der Waals surface area contributed by atoms with Gasteiger partial charge in [-0.3, -0.25) is 4.79 Å². The molecule has 0 aliphatic rings. The van der Waals surface area contributed by atoms with Crippen LogP contribution in [-0.4, -0.2) is 25.6 Å². The van der Waals surface area contributed by atoms with Crippen LogP contribution < -0.4 is 14.8 Å². The van der Waals surface area contributed by atoms with Crippen LogP contribution in [0.2, 0.25) is 5.02 Å². The number of hydrogen-bond acceptors (Lipinski definition) is 6. The van der Waals surface area contributed by atoms with Crippen LogP contribution in [0.3, 0.4) is 0 Å². The lowest BCUT2D eigenvalue weighted by Crippen LogP contribution is -2.13. The summed E-state index contributed by atoms with van der Waals surface area (Å²) < 4.78 is 17.3. The summed E-state index contributed by atoms with van der Waals surface area (Å²) in [6.45, 7) is 2.62. The molecular formula is C26H22ClNO5S. The molecule has 1 aromatic heterocycles. The number of rotatable bonds is 8. The molecule has 1 amide bonds. The Morgan fingerprint density at radius 3 is 2.50 bits per heavy atom. The van der Waals surface area contributed by atoms with Gasteiger partial charge >= 0.3 is 5.97 Å². The highest BCUT2D eigenvalue weighted by atomic mass is 35.5. The number of carbonyl (C=O) groups excluding carboxylic acids is 2. The first-order valence-corrected chi connectivity index (χ1v) is 11.7. The van der Waals surface area contributed by atoms with E-state index in [1.54, 1.807) is 54.6 Å². The SMILES string of the molecule is CCOc1ccc(C(=O)Nc2ccc3sc(C(=O)OC)cc3c2)cc1COc1ccc(Cl)cc1. The maximum absolute atomic E-state index is 13.0. The van der Waals surface area contributed by atoms with Gasteiger partial charge in [-0.2, -0.15) is 0 Å². The molecule has 0 aliphatic carbocycles. The standard InChI is InChI=1S/C26H22ClNO5S/c1-3-32-22-10-4-16(12-18(22)15-33-21-8-5-19(27)6-9-21)25(29)28-20-7-11-23-17(13-20)14-24(34-23)26(30)31-2/h4-14H,3,15H2,1-2H3,(H,28,29). The second-order valence-electron chi connectivity index (χ2n) is 7.31. The third-order valence-electron chi connectivity index (χ3n) is 4.99. The molecule has 34 heavy (non-hydrogen) atoms. The second-order valence-corrected chi connectivity index (χ2v) is 8.83. The minimum Gasteiger partial charge on any atom is -0.493 e. The van der Waals surface area contributed by atoms with E-state index in [2.05, 4.69) is 5.32 Å². The molecular weight excluding hydrogens is 474 g/mol. The number of nitrogens with one attached hydrogen (secondary N) is 1. The molecule has 0 bridgehead atoms. The number of carbonyl (C=O) groups is 2. The Morgan fingerprint density at radius 2 is 1.76 bits per heavy atom. The fourth-order valence-electron chi connectivity index (χ4n) is 3.35. The Kier molecular flexibility index (Phi) is 7.35. The first-order valence-electron chi connectivity index (χ1n) is 10.5. The molecule has 0 radical (unpaired) electrons. The van der Waals surface area contributed by atoms with Gasteiger partial charge in [0.15, 0.2) is 0 Å². The maximum Gasteiger partial charge on any atom is 0.348 e. The van der Waals surface area contributed by atoms with Gasteiger partial charge in [-0.1, -0.05) is 11.6 Å². The number of esters is 1. The molecule has 0 saturated carbocycles. The molecule has 3 aromatic carbocycles. The molecule has 0 aliphatic heterocycles. The predicted octanol–water partition coefficient (Wildman–Crippen LogP) is 6.57. The molecule has 1 heterocycles. The van der Waals surface area contributed by atoms with Crippen molar-refractivity contribution >= 4 is 50.6 Å². The summed E-state index contributed by atoms with van der Waals surface area (Å²) in [5.74, 6) is 0.674. The average molecular weight is 496 g/mol. The van der Waals surface area contributed by atoms with E-state index >= 15 is 0 Å². The van der Waals surface area contributed by atoms with Crippen LogP contribution in [0, 0.1) is 0 Å². The van der Waals surface area contributed by atoms with Crippen molar-refractivity contribution in [2.45, 2.75) is 13.5 Å². The van der Waals surface area contributed by atoms with Crippen molar-refractivity contribution in [3.8, 4) is 11.5 Å². The van der Waals surface area contributed by atoms with E-state index in [1.165, 1.54) is 18.4 Å². The minimum absolute atomic E-state index is 0.231. The van der Waals surface area contributed by atoms with Crippen molar-refractivity contribution in [2.24, 2.45) is 0 Å². The summed E-state index contributed by atoms with van der Waals surface area (Å²) in [6.07, 6.45) is 0. The average Bonchev–Trinajstić information content (AvgIpc) is 3.27. The third-order valence-corrected chi connectivity index (χ3v) is 6.34. The summed E-state index contributed by atoms with van der Waals surface area (Å²) in [4.78, 5) is 25.3. The van der Waals surface area contributed by atoms with Crippen molar-refractivity contribution in [1.82, 2.24) is 0 Å². The van der Waals surface area contributed by atoms with Gasteiger partial charge in [-0.25, -0.2) is 4.79 Å². The van der Waals surface area contributed by atoms with Crippen LogP contribution in [0.25, 0.3) is 10.1 Å². The molecule has 174 valence electrons. The summed E-state index contributed by atoms with van der Waals surface area (Å²) in [7, 11) is 1.35. The van der Waals surface area contributed by atoms with E-state index in [-0.39, 0.29) is 18.5 Å². The number of thiophene rings is 1. The number of halogens is 1. The Hall–Kier alpha value is -3.55. The minimum atomic E-state index is -0.380. The summed E-state index contributed by atoms with van der Waals surface area (Å²) in [6, 6.07) is 19.6. The Bertz CT molecular complexity index is 1330. The molecule has 0 atom stereocenters. The lowest BCUT2D eigenvalue weighted by atomic mass is 10.1. The van der Waals surface area contributed by atoms with Gasteiger partial charge in [0.05, 0.1) is 13.7 Å². The van der Waals surface area contributed by atoms with Gasteiger partial charge < -0.3 is 19.5 Å². The Balaban J connectivity index is 1.52. The summed E-state index contributed by atoms with van der Waals surface area (Å²) in [5.41, 5.74) is 1.85. The molecule has 0 unspecified atom stereocenters. The van der Waals surface area contributed by atoms with Gasteiger partial charge in [0, 0.05) is 26.5 Å². The first-order chi connectivity index (χ1) is 16.5. The van der Waals surface area contributed by atoms with Gasteiger partial charge in [0.2, 0.25) is 0 Å². The number of hydrogen-bond donors (Lipinski definition) is 1. The second kappa shape index (κ2) is 10.6. The highest BCUT2D eigenvalue weighted by Crippen LogP contribution is 2.29. The molecule has 1 N–H and O–H groups in total. The van der Waals surface area contributed by atoms with Gasteiger partial charge in [0.25, 0.3) is 5.91 Å². The highest BCUT2D eigenvalue weighted by molar-refractivity contribution is 7.20.